The number of carbonyl (C=O) groups is 2. The Morgan fingerprint density at radius 2 is 1.64 bits per heavy atom. The first kappa shape index (κ1) is 24.8. The van der Waals surface area contributed by atoms with E-state index in [2.05, 4.69) is 16.0 Å². The lowest BCUT2D eigenvalue weighted by Gasteiger charge is -2.19. The van der Waals surface area contributed by atoms with E-state index in [-0.39, 0.29) is 18.4 Å². The average Bonchev–Trinajstić information content (AvgIpc) is 3.24. The van der Waals surface area contributed by atoms with Gasteiger partial charge in [0.15, 0.2) is 11.5 Å². The fourth-order valence-electron chi connectivity index (χ4n) is 4.04. The fourth-order valence-corrected chi connectivity index (χ4v) is 4.04. The fraction of sp³-hybridized carbons (Fsp3) is 0.214. The molecule has 36 heavy (non-hydrogen) atoms. The number of methoxy groups -OCH3 is 2. The Bertz CT molecular complexity index is 1290. The molecule has 2 amide bonds. The van der Waals surface area contributed by atoms with E-state index in [0.29, 0.717) is 28.5 Å². The second-order valence-electron chi connectivity index (χ2n) is 8.23. The van der Waals surface area contributed by atoms with E-state index >= 15 is 0 Å². The first-order valence-corrected chi connectivity index (χ1v) is 11.7. The van der Waals surface area contributed by atoms with Crippen molar-refractivity contribution in [2.24, 2.45) is 0 Å². The number of ether oxygens (including phenoxy) is 2. The molecule has 8 nitrogen and oxygen atoms in total. The minimum atomic E-state index is -0.225. The van der Waals surface area contributed by atoms with Crippen molar-refractivity contribution in [1.29, 1.82) is 0 Å². The molecule has 0 aliphatic carbocycles. The van der Waals surface area contributed by atoms with Gasteiger partial charge in [0.25, 0.3) is 5.91 Å². The molecule has 4 rings (SSSR count). The average molecular weight is 487 g/mol. The topological polar surface area (TPSA) is 91.9 Å². The summed E-state index contributed by atoms with van der Waals surface area (Å²) in [4.78, 5) is 27.2. The van der Waals surface area contributed by atoms with Gasteiger partial charge in [-0.2, -0.15) is 0 Å². The SMILES string of the molecule is CCNCC(=O)N(C)c1ccc(NC(=C2C(=O)Nc3cc(OC)c(OC)cc32)c2ccccc2)cc1. The number of nitrogens with one attached hydrogen (secondary N) is 3. The molecule has 0 unspecified atom stereocenters. The van der Waals surface area contributed by atoms with Gasteiger partial charge in [-0.25, -0.2) is 0 Å². The predicted molar refractivity (Wildman–Crippen MR) is 143 cm³/mol. The van der Waals surface area contributed by atoms with Crippen LogP contribution >= 0.6 is 0 Å². The van der Waals surface area contributed by atoms with Gasteiger partial charge in [-0.1, -0.05) is 37.3 Å². The number of hydrogen-bond donors (Lipinski definition) is 3. The molecule has 0 aromatic heterocycles. The van der Waals surface area contributed by atoms with Crippen LogP contribution in [0, 0.1) is 0 Å². The van der Waals surface area contributed by atoms with Crippen LogP contribution in [0.3, 0.4) is 0 Å². The van der Waals surface area contributed by atoms with Crippen LogP contribution in [0.15, 0.2) is 66.7 Å². The number of rotatable bonds is 9. The maximum absolute atomic E-state index is 13.2. The number of nitrogens with zero attached hydrogens (tertiary/aromatic N) is 1. The van der Waals surface area contributed by atoms with Crippen molar-refractivity contribution in [2.75, 3.05) is 49.9 Å². The summed E-state index contributed by atoms with van der Waals surface area (Å²) in [6.07, 6.45) is 0. The molecule has 0 fully saturated rings. The van der Waals surface area contributed by atoms with Crippen molar-refractivity contribution in [3.63, 3.8) is 0 Å². The Labute approximate surface area is 210 Å². The Kier molecular flexibility index (Phi) is 7.56. The maximum Gasteiger partial charge on any atom is 0.258 e. The molecule has 1 heterocycles. The number of benzene rings is 3. The molecule has 0 saturated heterocycles. The predicted octanol–water partition coefficient (Wildman–Crippen LogP) is 4.21. The van der Waals surface area contributed by atoms with E-state index in [1.165, 1.54) is 0 Å². The highest BCUT2D eigenvalue weighted by atomic mass is 16.5. The summed E-state index contributed by atoms with van der Waals surface area (Å²) in [5.41, 5.74) is 4.93. The third-order valence-corrected chi connectivity index (χ3v) is 6.01. The molecular weight excluding hydrogens is 456 g/mol. The molecule has 0 saturated carbocycles. The molecule has 186 valence electrons. The van der Waals surface area contributed by atoms with Crippen molar-refractivity contribution in [1.82, 2.24) is 5.32 Å². The molecule has 3 aromatic rings. The highest BCUT2D eigenvalue weighted by molar-refractivity contribution is 6.37. The smallest absolute Gasteiger partial charge is 0.258 e. The standard InChI is InChI=1S/C28H30N4O4/c1-5-29-17-25(33)32(2)20-13-11-19(12-14-20)30-27(18-9-7-6-8-10-18)26-21-15-23(35-3)24(36-4)16-22(21)31-28(26)34/h6-16,29-30H,5,17H2,1-4H3,(H,31,34). The second kappa shape index (κ2) is 11.0. The minimum absolute atomic E-state index is 0.0201. The van der Waals surface area contributed by atoms with Crippen LogP contribution in [0.5, 0.6) is 11.5 Å². The third kappa shape index (κ3) is 5.04. The highest BCUT2D eigenvalue weighted by Gasteiger charge is 2.30. The zero-order valence-electron chi connectivity index (χ0n) is 20.8. The van der Waals surface area contributed by atoms with E-state index in [9.17, 15) is 9.59 Å². The Hall–Kier alpha value is -4.30. The van der Waals surface area contributed by atoms with Gasteiger partial charge in [-0.05, 0) is 42.4 Å². The third-order valence-electron chi connectivity index (χ3n) is 6.01. The van der Waals surface area contributed by atoms with Gasteiger partial charge >= 0.3 is 0 Å². The van der Waals surface area contributed by atoms with Crippen LogP contribution in [0.25, 0.3) is 11.3 Å². The van der Waals surface area contributed by atoms with Crippen molar-refractivity contribution < 1.29 is 19.1 Å². The number of amides is 2. The van der Waals surface area contributed by atoms with Crippen molar-refractivity contribution in [2.45, 2.75) is 6.92 Å². The van der Waals surface area contributed by atoms with Gasteiger partial charge in [0.1, 0.15) is 0 Å². The van der Waals surface area contributed by atoms with Crippen molar-refractivity contribution in [3.8, 4) is 11.5 Å². The summed E-state index contributed by atoms with van der Waals surface area (Å²) in [6.45, 7) is 2.97. The van der Waals surface area contributed by atoms with E-state index in [4.69, 9.17) is 9.47 Å². The summed E-state index contributed by atoms with van der Waals surface area (Å²) < 4.78 is 10.9. The summed E-state index contributed by atoms with van der Waals surface area (Å²) in [6, 6.07) is 20.8. The zero-order chi connectivity index (χ0) is 25.7. The van der Waals surface area contributed by atoms with Crippen molar-refractivity contribution >= 4 is 40.1 Å². The Morgan fingerprint density at radius 1 is 0.972 bits per heavy atom. The minimum Gasteiger partial charge on any atom is -0.493 e. The van der Waals surface area contributed by atoms with E-state index < -0.39 is 0 Å². The molecule has 3 N–H and O–H groups in total. The Morgan fingerprint density at radius 3 is 2.28 bits per heavy atom. The van der Waals surface area contributed by atoms with Crippen LogP contribution < -0.4 is 30.3 Å². The van der Waals surface area contributed by atoms with Gasteiger partial charge < -0.3 is 30.3 Å². The highest BCUT2D eigenvalue weighted by Crippen LogP contribution is 2.43. The number of likely N-dealkylation sites (N-methyl/N-ethyl adjacent to an activating group) is 2. The molecule has 0 atom stereocenters. The van der Waals surface area contributed by atoms with Gasteiger partial charge in [0.05, 0.1) is 37.7 Å². The Balaban J connectivity index is 1.73. The summed E-state index contributed by atoms with van der Waals surface area (Å²) in [5, 5.41) is 9.42. The number of fused-ring (bicyclic) bond motifs is 1. The van der Waals surface area contributed by atoms with Gasteiger partial charge in [0, 0.05) is 30.1 Å². The summed E-state index contributed by atoms with van der Waals surface area (Å²) in [7, 11) is 4.88. The van der Waals surface area contributed by atoms with Crippen LogP contribution in [-0.2, 0) is 9.59 Å². The molecular formula is C28H30N4O4. The van der Waals surface area contributed by atoms with Gasteiger partial charge in [0.2, 0.25) is 5.91 Å². The molecule has 1 aliphatic rings. The van der Waals surface area contributed by atoms with E-state index in [1.807, 2.05) is 61.5 Å². The monoisotopic (exact) mass is 486 g/mol. The van der Waals surface area contributed by atoms with Gasteiger partial charge in [-0.3, -0.25) is 9.59 Å². The van der Waals surface area contributed by atoms with E-state index in [0.717, 1.165) is 29.0 Å². The number of anilines is 3. The van der Waals surface area contributed by atoms with Crippen LogP contribution in [0.1, 0.15) is 18.1 Å². The quantitative estimate of drug-likeness (QED) is 0.393. The second-order valence-corrected chi connectivity index (χ2v) is 8.23. The van der Waals surface area contributed by atoms with Crippen LogP contribution in [-0.4, -0.2) is 46.2 Å². The van der Waals surface area contributed by atoms with Crippen molar-refractivity contribution in [3.05, 3.63) is 77.9 Å². The lowest BCUT2D eigenvalue weighted by molar-refractivity contribution is -0.117. The zero-order valence-corrected chi connectivity index (χ0v) is 20.8. The lowest BCUT2D eigenvalue weighted by atomic mass is 9.99. The number of hydrogen-bond acceptors (Lipinski definition) is 6. The first-order valence-electron chi connectivity index (χ1n) is 11.7. The largest absolute Gasteiger partial charge is 0.493 e. The molecule has 0 bridgehead atoms. The van der Waals surface area contributed by atoms with Crippen LogP contribution in [0.4, 0.5) is 17.1 Å². The molecule has 0 spiro atoms. The molecule has 0 radical (unpaired) electrons. The summed E-state index contributed by atoms with van der Waals surface area (Å²) in [5.74, 6) is 0.827. The molecule has 3 aromatic carbocycles. The number of carbonyl (C=O) groups excluding carboxylic acids is 2. The van der Waals surface area contributed by atoms with Crippen LogP contribution in [0.2, 0.25) is 0 Å². The molecule has 1 aliphatic heterocycles. The molecule has 8 heteroatoms. The first-order chi connectivity index (χ1) is 17.5. The maximum atomic E-state index is 13.2. The summed E-state index contributed by atoms with van der Waals surface area (Å²) >= 11 is 0. The van der Waals surface area contributed by atoms with Gasteiger partial charge in [-0.15, -0.1) is 0 Å². The normalized spacial score (nSPS) is 13.5. The lowest BCUT2D eigenvalue weighted by Crippen LogP contribution is -2.35. The van der Waals surface area contributed by atoms with E-state index in [1.54, 1.807) is 38.3 Å².